The van der Waals surface area contributed by atoms with Gasteiger partial charge in [0.05, 0.1) is 12.7 Å². The molecule has 1 aromatic carbocycles. The van der Waals surface area contributed by atoms with Crippen LogP contribution in [0.5, 0.6) is 0 Å². The Balaban J connectivity index is 1.91. The summed E-state index contributed by atoms with van der Waals surface area (Å²) in [6.07, 6.45) is 5.33. The van der Waals surface area contributed by atoms with E-state index in [1.165, 1.54) is 38.4 Å². The molecule has 0 bridgehead atoms. The molecular formula is C18H27NO2. The maximum Gasteiger partial charge on any atom is 0.337 e. The van der Waals surface area contributed by atoms with Crippen molar-refractivity contribution in [2.75, 3.05) is 7.11 Å². The van der Waals surface area contributed by atoms with Crippen LogP contribution in [0, 0.1) is 11.8 Å². The smallest absolute Gasteiger partial charge is 0.337 e. The maximum atomic E-state index is 11.4. The van der Waals surface area contributed by atoms with Gasteiger partial charge in [-0.25, -0.2) is 4.79 Å². The molecule has 0 aliphatic heterocycles. The Morgan fingerprint density at radius 3 is 2.52 bits per heavy atom. The quantitative estimate of drug-likeness (QED) is 0.838. The van der Waals surface area contributed by atoms with Crippen molar-refractivity contribution < 1.29 is 9.53 Å². The molecule has 2 unspecified atom stereocenters. The molecule has 1 aromatic rings. The first-order chi connectivity index (χ1) is 10.1. The minimum Gasteiger partial charge on any atom is -0.465 e. The number of benzene rings is 1. The number of nitrogens with one attached hydrogen (secondary N) is 1. The number of ether oxygens (including phenoxy) is 1. The molecular weight excluding hydrogens is 262 g/mol. The highest BCUT2D eigenvalue weighted by atomic mass is 16.5. The fraction of sp³-hybridized carbons (Fsp3) is 0.611. The Labute approximate surface area is 128 Å². The highest BCUT2D eigenvalue weighted by Crippen LogP contribution is 2.30. The van der Waals surface area contributed by atoms with Crippen LogP contribution in [0.1, 0.15) is 55.5 Å². The molecule has 3 heteroatoms. The van der Waals surface area contributed by atoms with E-state index < -0.39 is 0 Å². The number of methoxy groups -OCH3 is 1. The van der Waals surface area contributed by atoms with Gasteiger partial charge < -0.3 is 10.1 Å². The Hall–Kier alpha value is -1.35. The van der Waals surface area contributed by atoms with Crippen molar-refractivity contribution in [2.45, 2.75) is 52.1 Å². The Morgan fingerprint density at radius 1 is 1.24 bits per heavy atom. The van der Waals surface area contributed by atoms with E-state index in [2.05, 4.69) is 19.2 Å². The topological polar surface area (TPSA) is 38.3 Å². The predicted octanol–water partition coefficient (Wildman–Crippen LogP) is 3.78. The standard InChI is InChI=1S/C18H27NO2/c1-13(2)16-6-4-5-7-17(16)19-12-14-8-10-15(11-9-14)18(20)21-3/h8-11,13,16-17,19H,4-7,12H2,1-3H3. The van der Waals surface area contributed by atoms with E-state index in [0.29, 0.717) is 11.6 Å². The molecule has 1 saturated carbocycles. The summed E-state index contributed by atoms with van der Waals surface area (Å²) in [5, 5.41) is 3.72. The van der Waals surface area contributed by atoms with Crippen LogP contribution >= 0.6 is 0 Å². The summed E-state index contributed by atoms with van der Waals surface area (Å²) in [4.78, 5) is 11.4. The van der Waals surface area contributed by atoms with E-state index in [1.54, 1.807) is 0 Å². The first-order valence-electron chi connectivity index (χ1n) is 8.02. The number of carbonyl (C=O) groups is 1. The largest absolute Gasteiger partial charge is 0.465 e. The van der Waals surface area contributed by atoms with Crippen LogP contribution in [-0.4, -0.2) is 19.1 Å². The van der Waals surface area contributed by atoms with E-state index in [0.717, 1.165) is 18.4 Å². The van der Waals surface area contributed by atoms with Crippen molar-refractivity contribution in [1.29, 1.82) is 0 Å². The lowest BCUT2D eigenvalue weighted by atomic mass is 9.78. The minimum absolute atomic E-state index is 0.276. The lowest BCUT2D eigenvalue weighted by Gasteiger charge is -2.35. The van der Waals surface area contributed by atoms with Crippen LogP contribution in [0.25, 0.3) is 0 Å². The van der Waals surface area contributed by atoms with Gasteiger partial charge in [-0.15, -0.1) is 0 Å². The molecule has 0 radical (unpaired) electrons. The maximum absolute atomic E-state index is 11.4. The number of hydrogen-bond acceptors (Lipinski definition) is 3. The third kappa shape index (κ3) is 4.31. The van der Waals surface area contributed by atoms with Gasteiger partial charge in [-0.2, -0.15) is 0 Å². The van der Waals surface area contributed by atoms with Crippen molar-refractivity contribution >= 4 is 5.97 Å². The molecule has 1 aliphatic carbocycles. The predicted molar refractivity (Wildman–Crippen MR) is 85.2 cm³/mol. The normalized spacial score (nSPS) is 22.3. The molecule has 21 heavy (non-hydrogen) atoms. The molecule has 0 saturated heterocycles. The third-order valence-electron chi connectivity index (χ3n) is 4.62. The van der Waals surface area contributed by atoms with Gasteiger partial charge in [0.15, 0.2) is 0 Å². The van der Waals surface area contributed by atoms with Crippen molar-refractivity contribution in [3.05, 3.63) is 35.4 Å². The van der Waals surface area contributed by atoms with E-state index in [9.17, 15) is 4.79 Å². The highest BCUT2D eigenvalue weighted by Gasteiger charge is 2.26. The summed E-state index contributed by atoms with van der Waals surface area (Å²) >= 11 is 0. The number of esters is 1. The van der Waals surface area contributed by atoms with Crippen LogP contribution < -0.4 is 5.32 Å². The first-order valence-corrected chi connectivity index (χ1v) is 8.02. The van der Waals surface area contributed by atoms with Gasteiger partial charge in [0, 0.05) is 12.6 Å². The molecule has 1 aliphatic rings. The van der Waals surface area contributed by atoms with Crippen molar-refractivity contribution in [3.63, 3.8) is 0 Å². The summed E-state index contributed by atoms with van der Waals surface area (Å²) < 4.78 is 4.72. The molecule has 116 valence electrons. The van der Waals surface area contributed by atoms with Crippen molar-refractivity contribution in [2.24, 2.45) is 11.8 Å². The fourth-order valence-electron chi connectivity index (χ4n) is 3.34. The Morgan fingerprint density at radius 2 is 1.90 bits per heavy atom. The average molecular weight is 289 g/mol. The molecule has 2 atom stereocenters. The third-order valence-corrected chi connectivity index (χ3v) is 4.62. The number of hydrogen-bond donors (Lipinski definition) is 1. The van der Waals surface area contributed by atoms with E-state index in [-0.39, 0.29) is 5.97 Å². The molecule has 1 fully saturated rings. The summed E-state index contributed by atoms with van der Waals surface area (Å²) in [7, 11) is 1.41. The zero-order valence-electron chi connectivity index (χ0n) is 13.4. The number of rotatable bonds is 5. The SMILES string of the molecule is COC(=O)c1ccc(CNC2CCCCC2C(C)C)cc1. The molecule has 1 N–H and O–H groups in total. The molecule has 0 aromatic heterocycles. The second-order valence-corrected chi connectivity index (χ2v) is 6.37. The van der Waals surface area contributed by atoms with Crippen LogP contribution in [0.3, 0.4) is 0 Å². The first kappa shape index (κ1) is 16.0. The van der Waals surface area contributed by atoms with Gasteiger partial charge in [0.25, 0.3) is 0 Å². The summed E-state index contributed by atoms with van der Waals surface area (Å²) in [5.41, 5.74) is 1.83. The molecule has 0 spiro atoms. The zero-order valence-corrected chi connectivity index (χ0v) is 13.4. The van der Waals surface area contributed by atoms with Crippen LogP contribution in [0.4, 0.5) is 0 Å². The highest BCUT2D eigenvalue weighted by molar-refractivity contribution is 5.89. The Bertz CT molecular complexity index is 453. The number of carbonyl (C=O) groups excluding carboxylic acids is 1. The Kier molecular flexibility index (Phi) is 5.80. The summed E-state index contributed by atoms with van der Waals surface area (Å²) in [6.45, 7) is 5.53. The van der Waals surface area contributed by atoms with Gasteiger partial charge >= 0.3 is 5.97 Å². The van der Waals surface area contributed by atoms with Crippen molar-refractivity contribution in [1.82, 2.24) is 5.32 Å². The average Bonchev–Trinajstić information content (AvgIpc) is 2.52. The zero-order chi connectivity index (χ0) is 15.2. The van der Waals surface area contributed by atoms with Gasteiger partial charge in [-0.05, 0) is 42.4 Å². The van der Waals surface area contributed by atoms with Gasteiger partial charge in [0.1, 0.15) is 0 Å². The summed E-state index contributed by atoms with van der Waals surface area (Å²) in [5.74, 6) is 1.25. The molecule has 2 rings (SSSR count). The van der Waals surface area contributed by atoms with Gasteiger partial charge in [-0.3, -0.25) is 0 Å². The van der Waals surface area contributed by atoms with E-state index in [4.69, 9.17) is 4.74 Å². The lowest BCUT2D eigenvalue weighted by molar-refractivity contribution is 0.0600. The summed E-state index contributed by atoms with van der Waals surface area (Å²) in [6, 6.07) is 8.31. The monoisotopic (exact) mass is 289 g/mol. The van der Waals surface area contributed by atoms with Crippen molar-refractivity contribution in [3.8, 4) is 0 Å². The second-order valence-electron chi connectivity index (χ2n) is 6.37. The van der Waals surface area contributed by atoms with Crippen LogP contribution in [0.2, 0.25) is 0 Å². The second kappa shape index (κ2) is 7.60. The van der Waals surface area contributed by atoms with Gasteiger partial charge in [-0.1, -0.05) is 38.8 Å². The van der Waals surface area contributed by atoms with Gasteiger partial charge in [0.2, 0.25) is 0 Å². The van der Waals surface area contributed by atoms with E-state index >= 15 is 0 Å². The fourth-order valence-corrected chi connectivity index (χ4v) is 3.34. The lowest BCUT2D eigenvalue weighted by Crippen LogP contribution is -2.40. The van der Waals surface area contributed by atoms with Crippen LogP contribution in [-0.2, 0) is 11.3 Å². The molecule has 0 heterocycles. The van der Waals surface area contributed by atoms with Crippen LogP contribution in [0.15, 0.2) is 24.3 Å². The minimum atomic E-state index is -0.276. The van der Waals surface area contributed by atoms with E-state index in [1.807, 2.05) is 24.3 Å². The molecule has 0 amide bonds. The molecule has 3 nitrogen and oxygen atoms in total.